The van der Waals surface area contributed by atoms with Crippen molar-refractivity contribution in [3.63, 3.8) is 0 Å². The molecule has 3 aromatic rings. The first-order chi connectivity index (χ1) is 12.8. The first-order valence-corrected chi connectivity index (χ1v) is 9.75. The Labute approximate surface area is 154 Å². The molecule has 4 nitrogen and oxygen atoms in total. The van der Waals surface area contributed by atoms with Crippen molar-refractivity contribution < 1.29 is 0 Å². The molecule has 0 saturated heterocycles. The average molecular weight is 349 g/mol. The van der Waals surface area contributed by atoms with E-state index in [4.69, 9.17) is 0 Å². The number of rotatable bonds is 5. The maximum absolute atomic E-state index is 12.9. The monoisotopic (exact) mass is 349 g/mol. The molecule has 2 aromatic carbocycles. The van der Waals surface area contributed by atoms with E-state index in [1.165, 1.54) is 5.56 Å². The van der Waals surface area contributed by atoms with Crippen molar-refractivity contribution in [2.24, 2.45) is 0 Å². The van der Waals surface area contributed by atoms with Crippen LogP contribution in [-0.2, 0) is 13.1 Å². The van der Waals surface area contributed by atoms with E-state index in [-0.39, 0.29) is 5.69 Å². The van der Waals surface area contributed by atoms with Crippen LogP contribution in [0, 0.1) is 0 Å². The lowest BCUT2D eigenvalue weighted by Crippen LogP contribution is -2.36. The summed E-state index contributed by atoms with van der Waals surface area (Å²) in [6, 6.07) is 19.6. The number of imidazole rings is 1. The highest BCUT2D eigenvalue weighted by Gasteiger charge is 2.25. The first-order valence-electron chi connectivity index (χ1n) is 9.75. The molecule has 1 aliphatic rings. The minimum absolute atomic E-state index is 0.148. The standard InChI is InChI=1S/C22H27N3O/c1-2-24-20-10-6-7-11-21(20)25(22(24)26)19-14-12-18(13-15-19)23-16-17-8-4-3-5-9-17/h3-11,18-19,23H,2,12-16H2,1H3/t18-,19-. The van der Waals surface area contributed by atoms with Gasteiger partial charge in [-0.25, -0.2) is 4.79 Å². The fourth-order valence-corrected chi connectivity index (χ4v) is 4.29. The van der Waals surface area contributed by atoms with Crippen molar-refractivity contribution in [1.29, 1.82) is 0 Å². The van der Waals surface area contributed by atoms with Crippen LogP contribution in [0.25, 0.3) is 11.0 Å². The molecule has 1 aromatic heterocycles. The number of aryl methyl sites for hydroxylation is 1. The fraction of sp³-hybridized carbons (Fsp3) is 0.409. The molecule has 0 bridgehead atoms. The number of fused-ring (bicyclic) bond motifs is 1. The number of benzene rings is 2. The van der Waals surface area contributed by atoms with Gasteiger partial charge in [-0.1, -0.05) is 42.5 Å². The molecular weight excluding hydrogens is 322 g/mol. The molecule has 1 heterocycles. The highest BCUT2D eigenvalue weighted by Crippen LogP contribution is 2.30. The van der Waals surface area contributed by atoms with Crippen LogP contribution in [0.3, 0.4) is 0 Å². The lowest BCUT2D eigenvalue weighted by Gasteiger charge is -2.30. The predicted octanol–water partition coefficient (Wildman–Crippen LogP) is 4.10. The number of aromatic nitrogens is 2. The van der Waals surface area contributed by atoms with Crippen LogP contribution in [0.2, 0.25) is 0 Å². The molecule has 1 aliphatic carbocycles. The average Bonchev–Trinajstić information content (AvgIpc) is 2.99. The van der Waals surface area contributed by atoms with E-state index < -0.39 is 0 Å². The summed E-state index contributed by atoms with van der Waals surface area (Å²) in [6.07, 6.45) is 4.36. The van der Waals surface area contributed by atoms with Gasteiger partial charge in [0.15, 0.2) is 0 Å². The van der Waals surface area contributed by atoms with E-state index in [9.17, 15) is 4.79 Å². The second-order valence-corrected chi connectivity index (χ2v) is 7.26. The van der Waals surface area contributed by atoms with Gasteiger partial charge in [-0.05, 0) is 50.3 Å². The van der Waals surface area contributed by atoms with E-state index in [1.807, 2.05) is 28.2 Å². The summed E-state index contributed by atoms with van der Waals surface area (Å²) in [7, 11) is 0. The zero-order valence-corrected chi connectivity index (χ0v) is 15.4. The third-order valence-corrected chi connectivity index (χ3v) is 5.68. The van der Waals surface area contributed by atoms with Gasteiger partial charge in [0.05, 0.1) is 11.0 Å². The summed E-state index contributed by atoms with van der Waals surface area (Å²) >= 11 is 0. The Bertz CT molecular complexity index is 917. The van der Waals surface area contributed by atoms with Crippen molar-refractivity contribution in [3.8, 4) is 0 Å². The van der Waals surface area contributed by atoms with E-state index >= 15 is 0 Å². The zero-order chi connectivity index (χ0) is 17.9. The lowest BCUT2D eigenvalue weighted by atomic mass is 9.90. The first kappa shape index (κ1) is 17.1. The highest BCUT2D eigenvalue weighted by molar-refractivity contribution is 5.76. The maximum atomic E-state index is 12.9. The van der Waals surface area contributed by atoms with E-state index in [1.54, 1.807) is 0 Å². The van der Waals surface area contributed by atoms with Gasteiger partial charge in [0.25, 0.3) is 0 Å². The third-order valence-electron chi connectivity index (χ3n) is 5.68. The molecule has 136 valence electrons. The van der Waals surface area contributed by atoms with Crippen LogP contribution in [0.1, 0.15) is 44.2 Å². The van der Waals surface area contributed by atoms with Crippen LogP contribution in [0.15, 0.2) is 59.4 Å². The SMILES string of the molecule is CCn1c(=O)n([C@H]2CC[C@H](NCc3ccccc3)CC2)c2ccccc21. The van der Waals surface area contributed by atoms with Crippen molar-refractivity contribution in [3.05, 3.63) is 70.6 Å². The molecule has 0 aliphatic heterocycles. The zero-order valence-electron chi connectivity index (χ0n) is 15.4. The molecule has 0 atom stereocenters. The molecule has 1 saturated carbocycles. The van der Waals surface area contributed by atoms with E-state index in [2.05, 4.69) is 47.8 Å². The van der Waals surface area contributed by atoms with Crippen LogP contribution >= 0.6 is 0 Å². The van der Waals surface area contributed by atoms with Gasteiger partial charge in [-0.15, -0.1) is 0 Å². The van der Waals surface area contributed by atoms with Crippen molar-refractivity contribution in [2.45, 2.75) is 57.8 Å². The summed E-state index contributed by atoms with van der Waals surface area (Å²) in [5, 5.41) is 3.69. The van der Waals surface area contributed by atoms with Gasteiger partial charge in [0, 0.05) is 25.2 Å². The Morgan fingerprint density at radius 1 is 0.923 bits per heavy atom. The smallest absolute Gasteiger partial charge is 0.310 e. The Morgan fingerprint density at radius 2 is 1.58 bits per heavy atom. The molecule has 0 amide bonds. The van der Waals surface area contributed by atoms with Crippen LogP contribution in [0.4, 0.5) is 0 Å². The molecular formula is C22H27N3O. The number of hydrogen-bond acceptors (Lipinski definition) is 2. The third kappa shape index (κ3) is 3.21. The van der Waals surface area contributed by atoms with Crippen LogP contribution < -0.4 is 11.0 Å². The maximum Gasteiger partial charge on any atom is 0.329 e. The second kappa shape index (κ2) is 7.50. The quantitative estimate of drug-likeness (QED) is 0.753. The predicted molar refractivity (Wildman–Crippen MR) is 106 cm³/mol. The number of nitrogens with one attached hydrogen (secondary N) is 1. The highest BCUT2D eigenvalue weighted by atomic mass is 16.1. The van der Waals surface area contributed by atoms with E-state index in [0.717, 1.165) is 49.8 Å². The van der Waals surface area contributed by atoms with Gasteiger partial charge in [0.2, 0.25) is 0 Å². The molecule has 26 heavy (non-hydrogen) atoms. The molecule has 0 unspecified atom stereocenters. The van der Waals surface area contributed by atoms with Crippen molar-refractivity contribution in [1.82, 2.24) is 14.5 Å². The van der Waals surface area contributed by atoms with Crippen LogP contribution in [0.5, 0.6) is 0 Å². The molecule has 0 radical (unpaired) electrons. The Hall–Kier alpha value is -2.33. The minimum Gasteiger partial charge on any atom is -0.310 e. The summed E-state index contributed by atoms with van der Waals surface area (Å²) in [5.41, 5.74) is 3.62. The van der Waals surface area contributed by atoms with Gasteiger partial charge < -0.3 is 5.32 Å². The fourth-order valence-electron chi connectivity index (χ4n) is 4.29. The Kier molecular flexibility index (Phi) is 4.93. The summed E-state index contributed by atoms with van der Waals surface area (Å²) in [6.45, 7) is 3.69. The number of nitrogens with zero attached hydrogens (tertiary/aromatic N) is 2. The number of hydrogen-bond donors (Lipinski definition) is 1. The Balaban J connectivity index is 1.46. The molecule has 4 heteroatoms. The van der Waals surface area contributed by atoms with Crippen molar-refractivity contribution >= 4 is 11.0 Å². The lowest BCUT2D eigenvalue weighted by molar-refractivity contribution is 0.289. The number of para-hydroxylation sites is 2. The molecule has 1 fully saturated rings. The molecule has 0 spiro atoms. The van der Waals surface area contributed by atoms with Gasteiger partial charge in [0.1, 0.15) is 0 Å². The van der Waals surface area contributed by atoms with Crippen LogP contribution in [-0.4, -0.2) is 15.2 Å². The molecule has 4 rings (SSSR count). The van der Waals surface area contributed by atoms with Gasteiger partial charge >= 0.3 is 5.69 Å². The van der Waals surface area contributed by atoms with Gasteiger partial charge in [-0.2, -0.15) is 0 Å². The van der Waals surface area contributed by atoms with Gasteiger partial charge in [-0.3, -0.25) is 9.13 Å². The summed E-state index contributed by atoms with van der Waals surface area (Å²) in [4.78, 5) is 12.9. The minimum atomic E-state index is 0.148. The second-order valence-electron chi connectivity index (χ2n) is 7.26. The topological polar surface area (TPSA) is 39.0 Å². The summed E-state index contributed by atoms with van der Waals surface area (Å²) < 4.78 is 3.95. The molecule has 1 N–H and O–H groups in total. The largest absolute Gasteiger partial charge is 0.329 e. The van der Waals surface area contributed by atoms with E-state index in [0.29, 0.717) is 12.1 Å². The normalized spacial score (nSPS) is 20.5. The Morgan fingerprint density at radius 3 is 2.27 bits per heavy atom. The summed E-state index contributed by atoms with van der Waals surface area (Å²) in [5.74, 6) is 0. The van der Waals surface area contributed by atoms with Crippen molar-refractivity contribution in [2.75, 3.05) is 0 Å².